The van der Waals surface area contributed by atoms with E-state index in [0.717, 1.165) is 51.0 Å². The first-order valence-electron chi connectivity index (χ1n) is 11.0. The molecule has 3 aromatic carbocycles. The average molecular weight is 467 g/mol. The summed E-state index contributed by atoms with van der Waals surface area (Å²) in [6, 6.07) is 25.1. The van der Waals surface area contributed by atoms with Gasteiger partial charge in [0.25, 0.3) is 5.56 Å². The van der Waals surface area contributed by atoms with E-state index < -0.39 is 0 Å². The van der Waals surface area contributed by atoms with E-state index in [2.05, 4.69) is 39.8 Å². The number of aromatic nitrogens is 3. The van der Waals surface area contributed by atoms with E-state index in [1.165, 1.54) is 0 Å². The van der Waals surface area contributed by atoms with Crippen LogP contribution in [0, 0.1) is 6.92 Å². The average Bonchev–Trinajstić information content (AvgIpc) is 3.22. The molecular weight excluding hydrogens is 444 g/mol. The van der Waals surface area contributed by atoms with Crippen molar-refractivity contribution < 1.29 is 0 Å². The summed E-state index contributed by atoms with van der Waals surface area (Å²) in [4.78, 5) is 12.3. The standard InChI is InChI=1S/C28H23ClN4O/c1-19-5-4-6-20(13-19)14-21-8-9-22(18-33-12-3-2-7-28(33)34)26(15-21)30-17-27-24-16-23(29)10-11-25(24)31-32-27/h1-13,15-16,30H,14,17-18H2,(H,31,32). The van der Waals surface area contributed by atoms with Gasteiger partial charge in [0.2, 0.25) is 0 Å². The number of rotatable bonds is 7. The van der Waals surface area contributed by atoms with Crippen molar-refractivity contribution >= 4 is 28.2 Å². The van der Waals surface area contributed by atoms with Crippen LogP contribution in [0.25, 0.3) is 10.9 Å². The van der Waals surface area contributed by atoms with Gasteiger partial charge in [-0.15, -0.1) is 0 Å². The zero-order valence-electron chi connectivity index (χ0n) is 18.5. The number of benzene rings is 3. The number of hydrogen-bond donors (Lipinski definition) is 2. The van der Waals surface area contributed by atoms with Crippen LogP contribution in [-0.4, -0.2) is 14.8 Å². The van der Waals surface area contributed by atoms with Gasteiger partial charge in [-0.2, -0.15) is 5.10 Å². The predicted molar refractivity (Wildman–Crippen MR) is 137 cm³/mol. The summed E-state index contributed by atoms with van der Waals surface area (Å²) in [7, 11) is 0. The lowest BCUT2D eigenvalue weighted by Crippen LogP contribution is -2.19. The highest BCUT2D eigenvalue weighted by Gasteiger charge is 2.10. The van der Waals surface area contributed by atoms with Crippen molar-refractivity contribution in [2.75, 3.05) is 5.32 Å². The van der Waals surface area contributed by atoms with Gasteiger partial charge in [-0.3, -0.25) is 9.89 Å². The summed E-state index contributed by atoms with van der Waals surface area (Å²) in [5.74, 6) is 0. The fraction of sp³-hybridized carbons (Fsp3) is 0.107. The molecule has 168 valence electrons. The van der Waals surface area contributed by atoms with Crippen LogP contribution >= 0.6 is 11.6 Å². The van der Waals surface area contributed by atoms with Crippen molar-refractivity contribution in [3.05, 3.63) is 135 Å². The number of nitrogens with zero attached hydrogens (tertiary/aromatic N) is 2. The molecule has 0 aliphatic carbocycles. The molecule has 2 heterocycles. The molecule has 0 aliphatic rings. The number of fused-ring (bicyclic) bond motifs is 1. The van der Waals surface area contributed by atoms with Crippen LogP contribution in [0.3, 0.4) is 0 Å². The Hall–Kier alpha value is -3.83. The molecule has 0 spiro atoms. The quantitative estimate of drug-likeness (QED) is 0.324. The van der Waals surface area contributed by atoms with Gasteiger partial charge in [-0.05, 0) is 65.9 Å². The van der Waals surface area contributed by atoms with Crippen LogP contribution in [0.5, 0.6) is 0 Å². The Kier molecular flexibility index (Phi) is 6.19. The highest BCUT2D eigenvalue weighted by Crippen LogP contribution is 2.25. The molecule has 0 aliphatic heterocycles. The van der Waals surface area contributed by atoms with Gasteiger partial charge >= 0.3 is 0 Å². The highest BCUT2D eigenvalue weighted by molar-refractivity contribution is 6.31. The molecule has 5 nitrogen and oxygen atoms in total. The molecule has 0 fully saturated rings. The van der Waals surface area contributed by atoms with E-state index in [0.29, 0.717) is 18.1 Å². The van der Waals surface area contributed by atoms with Gasteiger partial charge in [-0.25, -0.2) is 0 Å². The van der Waals surface area contributed by atoms with Crippen molar-refractivity contribution in [1.82, 2.24) is 14.8 Å². The number of H-pyrrole nitrogens is 1. The maximum Gasteiger partial charge on any atom is 0.250 e. The molecule has 0 unspecified atom stereocenters. The van der Waals surface area contributed by atoms with Crippen molar-refractivity contribution in [1.29, 1.82) is 0 Å². The molecule has 6 heteroatoms. The van der Waals surface area contributed by atoms with Gasteiger partial charge < -0.3 is 9.88 Å². The number of halogens is 1. The molecule has 2 radical (unpaired) electrons. The molecule has 0 saturated heterocycles. The second kappa shape index (κ2) is 9.57. The zero-order valence-corrected chi connectivity index (χ0v) is 19.2. The first-order valence-corrected chi connectivity index (χ1v) is 11.4. The van der Waals surface area contributed by atoms with Crippen LogP contribution in [0.15, 0.2) is 89.9 Å². The smallest absolute Gasteiger partial charge is 0.250 e. The highest BCUT2D eigenvalue weighted by atomic mass is 35.5. The van der Waals surface area contributed by atoms with E-state index in [1.807, 2.05) is 42.5 Å². The second-order valence-corrected chi connectivity index (χ2v) is 8.73. The third-order valence-electron chi connectivity index (χ3n) is 5.82. The van der Waals surface area contributed by atoms with Crippen molar-refractivity contribution in [3.63, 3.8) is 0 Å². The first kappa shape index (κ1) is 22.0. The molecule has 0 saturated carbocycles. The molecule has 2 aromatic heterocycles. The predicted octanol–water partition coefficient (Wildman–Crippen LogP) is 5.69. The van der Waals surface area contributed by atoms with Gasteiger partial charge in [0, 0.05) is 28.4 Å². The number of pyridine rings is 1. The van der Waals surface area contributed by atoms with Crippen LogP contribution in [0.2, 0.25) is 5.02 Å². The summed E-state index contributed by atoms with van der Waals surface area (Å²) in [5.41, 5.74) is 6.79. The molecule has 0 atom stereocenters. The summed E-state index contributed by atoms with van der Waals surface area (Å²) >= 11 is 6.20. The van der Waals surface area contributed by atoms with Crippen LogP contribution in [-0.2, 0) is 19.5 Å². The fourth-order valence-corrected chi connectivity index (χ4v) is 4.28. The molecule has 0 bridgehead atoms. The minimum atomic E-state index is -0.0368. The van der Waals surface area contributed by atoms with Crippen molar-refractivity contribution in [2.24, 2.45) is 0 Å². The Morgan fingerprint density at radius 3 is 2.71 bits per heavy atom. The largest absolute Gasteiger partial charge is 0.379 e. The summed E-state index contributed by atoms with van der Waals surface area (Å²) in [6.45, 7) is 6.94. The van der Waals surface area contributed by atoms with Crippen molar-refractivity contribution in [3.8, 4) is 0 Å². The fourth-order valence-electron chi connectivity index (χ4n) is 4.10. The lowest BCUT2D eigenvalue weighted by molar-refractivity contribution is 0.759. The molecule has 2 N–H and O–H groups in total. The topological polar surface area (TPSA) is 62.7 Å². The van der Waals surface area contributed by atoms with E-state index in [4.69, 9.17) is 18.5 Å². The molecular formula is C28H23ClN4O. The lowest BCUT2D eigenvalue weighted by atomic mass is 10.0. The van der Waals surface area contributed by atoms with E-state index >= 15 is 0 Å². The van der Waals surface area contributed by atoms with E-state index in [-0.39, 0.29) is 5.56 Å². The summed E-state index contributed by atoms with van der Waals surface area (Å²) in [6.07, 6.45) is 2.56. The van der Waals surface area contributed by atoms with Gasteiger partial charge in [-0.1, -0.05) is 54.1 Å². The van der Waals surface area contributed by atoms with Gasteiger partial charge in [0.15, 0.2) is 0 Å². The maximum absolute atomic E-state index is 12.3. The van der Waals surface area contributed by atoms with Crippen LogP contribution in [0.4, 0.5) is 5.69 Å². The third-order valence-corrected chi connectivity index (χ3v) is 6.06. The Labute approximate surface area is 203 Å². The van der Waals surface area contributed by atoms with E-state index in [1.54, 1.807) is 22.9 Å². The Morgan fingerprint density at radius 1 is 0.971 bits per heavy atom. The third kappa shape index (κ3) is 4.90. The normalized spacial score (nSPS) is 11.1. The first-order chi connectivity index (χ1) is 16.5. The second-order valence-electron chi connectivity index (χ2n) is 8.29. The lowest BCUT2D eigenvalue weighted by Gasteiger charge is -2.15. The van der Waals surface area contributed by atoms with Crippen LogP contribution in [0.1, 0.15) is 27.9 Å². The van der Waals surface area contributed by atoms with Gasteiger partial charge in [0.1, 0.15) is 0 Å². The van der Waals surface area contributed by atoms with Gasteiger partial charge in [0.05, 0.1) is 24.3 Å². The monoisotopic (exact) mass is 466 g/mol. The molecule has 34 heavy (non-hydrogen) atoms. The number of anilines is 1. The Balaban J connectivity index is 1.46. The Morgan fingerprint density at radius 2 is 1.85 bits per heavy atom. The minimum absolute atomic E-state index is 0.0368. The zero-order chi connectivity index (χ0) is 23.5. The SMILES string of the molecule is [CH]c1cccc(Cc2ccc(Cn3ccccc3=O)c(NCc3n[nH]c4ccc(Cl)cc34)c2)c1. The molecule has 0 amide bonds. The Bertz CT molecular complexity index is 1520. The number of nitrogens with one attached hydrogen (secondary N) is 2. The maximum atomic E-state index is 12.3. The number of aromatic amines is 1. The summed E-state index contributed by atoms with van der Waals surface area (Å²) < 4.78 is 1.70. The number of hydrogen-bond acceptors (Lipinski definition) is 3. The molecule has 5 rings (SSSR count). The van der Waals surface area contributed by atoms with E-state index in [9.17, 15) is 4.79 Å². The van der Waals surface area contributed by atoms with Crippen LogP contribution < -0.4 is 10.9 Å². The minimum Gasteiger partial charge on any atom is -0.379 e. The molecule has 5 aromatic rings. The van der Waals surface area contributed by atoms with Crippen molar-refractivity contribution in [2.45, 2.75) is 19.5 Å². The summed E-state index contributed by atoms with van der Waals surface area (Å²) in [5, 5.41) is 12.7.